The SMILES string of the molecule is CC(NC(=O)c1cccc(C#N)c1)c1ccc(S(N)(=O)=O)cc1. The highest BCUT2D eigenvalue weighted by Crippen LogP contribution is 2.16. The summed E-state index contributed by atoms with van der Waals surface area (Å²) in [7, 11) is -3.74. The summed E-state index contributed by atoms with van der Waals surface area (Å²) in [4.78, 5) is 12.2. The first kappa shape index (κ1) is 16.7. The molecule has 0 saturated heterocycles. The van der Waals surface area contributed by atoms with Crippen molar-refractivity contribution in [3.63, 3.8) is 0 Å². The molecule has 23 heavy (non-hydrogen) atoms. The molecule has 0 aliphatic carbocycles. The third kappa shape index (κ3) is 4.16. The van der Waals surface area contributed by atoms with Crippen molar-refractivity contribution < 1.29 is 13.2 Å². The number of sulfonamides is 1. The molecular formula is C16H15N3O3S. The summed E-state index contributed by atoms with van der Waals surface area (Å²) in [5.41, 5.74) is 1.53. The van der Waals surface area contributed by atoms with Gasteiger partial charge in [0.1, 0.15) is 0 Å². The average Bonchev–Trinajstić information content (AvgIpc) is 2.54. The number of nitrogens with two attached hydrogens (primary N) is 1. The monoisotopic (exact) mass is 329 g/mol. The number of nitriles is 1. The summed E-state index contributed by atoms with van der Waals surface area (Å²) >= 11 is 0. The van der Waals surface area contributed by atoms with Gasteiger partial charge in [-0.25, -0.2) is 13.6 Å². The van der Waals surface area contributed by atoms with Gasteiger partial charge in [-0.1, -0.05) is 18.2 Å². The van der Waals surface area contributed by atoms with Crippen molar-refractivity contribution in [3.8, 4) is 6.07 Å². The fourth-order valence-electron chi connectivity index (χ4n) is 2.04. The lowest BCUT2D eigenvalue weighted by Crippen LogP contribution is -2.26. The molecule has 0 spiro atoms. The molecule has 3 N–H and O–H groups in total. The first-order chi connectivity index (χ1) is 10.8. The van der Waals surface area contributed by atoms with Gasteiger partial charge in [0.05, 0.1) is 22.6 Å². The number of carbonyl (C=O) groups is 1. The number of nitrogens with zero attached hydrogens (tertiary/aromatic N) is 1. The van der Waals surface area contributed by atoms with E-state index in [1.165, 1.54) is 18.2 Å². The number of primary sulfonamides is 1. The second kappa shape index (κ2) is 6.60. The molecule has 0 radical (unpaired) electrons. The van der Waals surface area contributed by atoms with E-state index in [4.69, 9.17) is 10.4 Å². The van der Waals surface area contributed by atoms with E-state index in [2.05, 4.69) is 5.32 Å². The first-order valence-corrected chi connectivity index (χ1v) is 8.29. The highest BCUT2D eigenvalue weighted by atomic mass is 32.2. The smallest absolute Gasteiger partial charge is 0.251 e. The number of hydrogen-bond donors (Lipinski definition) is 2. The van der Waals surface area contributed by atoms with Crippen LogP contribution in [0, 0.1) is 11.3 Å². The minimum absolute atomic E-state index is 0.0153. The van der Waals surface area contributed by atoms with E-state index in [-0.39, 0.29) is 16.8 Å². The Morgan fingerprint density at radius 3 is 2.43 bits per heavy atom. The van der Waals surface area contributed by atoms with Crippen LogP contribution in [-0.2, 0) is 10.0 Å². The molecular weight excluding hydrogens is 314 g/mol. The van der Waals surface area contributed by atoms with E-state index in [0.717, 1.165) is 5.56 Å². The minimum atomic E-state index is -3.74. The second-order valence-electron chi connectivity index (χ2n) is 5.00. The maximum Gasteiger partial charge on any atom is 0.251 e. The fourth-order valence-corrected chi connectivity index (χ4v) is 2.55. The van der Waals surface area contributed by atoms with Crippen LogP contribution >= 0.6 is 0 Å². The minimum Gasteiger partial charge on any atom is -0.346 e. The molecule has 6 nitrogen and oxygen atoms in total. The summed E-state index contributed by atoms with van der Waals surface area (Å²) in [5, 5.41) is 16.7. The van der Waals surface area contributed by atoms with Crippen LogP contribution in [0.1, 0.15) is 34.5 Å². The van der Waals surface area contributed by atoms with Crippen LogP contribution in [0.15, 0.2) is 53.4 Å². The van der Waals surface area contributed by atoms with Crippen molar-refractivity contribution >= 4 is 15.9 Å². The van der Waals surface area contributed by atoms with Gasteiger partial charge in [0.15, 0.2) is 0 Å². The Balaban J connectivity index is 2.13. The number of hydrogen-bond acceptors (Lipinski definition) is 4. The zero-order chi connectivity index (χ0) is 17.0. The predicted molar refractivity (Wildman–Crippen MR) is 84.9 cm³/mol. The van der Waals surface area contributed by atoms with Crippen molar-refractivity contribution in [2.45, 2.75) is 17.9 Å². The molecule has 0 aliphatic rings. The lowest BCUT2D eigenvalue weighted by atomic mass is 10.1. The highest BCUT2D eigenvalue weighted by Gasteiger charge is 2.13. The molecule has 118 valence electrons. The molecule has 0 heterocycles. The molecule has 0 fully saturated rings. The zero-order valence-corrected chi connectivity index (χ0v) is 13.2. The van der Waals surface area contributed by atoms with Gasteiger partial charge in [-0.05, 0) is 42.8 Å². The zero-order valence-electron chi connectivity index (χ0n) is 12.4. The van der Waals surface area contributed by atoms with Gasteiger partial charge in [-0.15, -0.1) is 0 Å². The summed E-state index contributed by atoms with van der Waals surface area (Å²) < 4.78 is 22.4. The van der Waals surface area contributed by atoms with E-state index in [0.29, 0.717) is 11.1 Å². The third-order valence-corrected chi connectivity index (χ3v) is 4.24. The van der Waals surface area contributed by atoms with E-state index < -0.39 is 10.0 Å². The van der Waals surface area contributed by atoms with E-state index in [9.17, 15) is 13.2 Å². The largest absolute Gasteiger partial charge is 0.346 e. The quantitative estimate of drug-likeness (QED) is 0.888. The predicted octanol–water partition coefficient (Wildman–Crippen LogP) is 1.70. The molecule has 0 aromatic heterocycles. The van der Waals surface area contributed by atoms with Crippen molar-refractivity contribution in [2.75, 3.05) is 0 Å². The summed E-state index contributed by atoms with van der Waals surface area (Å²) in [6.45, 7) is 1.78. The Hall–Kier alpha value is -2.69. The molecule has 1 amide bonds. The van der Waals surface area contributed by atoms with Crippen molar-refractivity contribution in [1.29, 1.82) is 5.26 Å². The molecule has 1 atom stereocenters. The fraction of sp³-hybridized carbons (Fsp3) is 0.125. The Kier molecular flexibility index (Phi) is 4.79. The molecule has 2 aromatic carbocycles. The van der Waals surface area contributed by atoms with E-state index in [1.54, 1.807) is 37.3 Å². The molecule has 0 bridgehead atoms. The Labute approximate surface area is 134 Å². The number of amides is 1. The lowest BCUT2D eigenvalue weighted by Gasteiger charge is -2.15. The maximum absolute atomic E-state index is 12.2. The molecule has 1 unspecified atom stereocenters. The van der Waals surface area contributed by atoms with Crippen molar-refractivity contribution in [3.05, 3.63) is 65.2 Å². The van der Waals surface area contributed by atoms with Crippen LogP contribution < -0.4 is 10.5 Å². The van der Waals surface area contributed by atoms with Gasteiger partial charge in [0.2, 0.25) is 10.0 Å². The first-order valence-electron chi connectivity index (χ1n) is 6.75. The van der Waals surface area contributed by atoms with Gasteiger partial charge in [-0.2, -0.15) is 5.26 Å². The summed E-state index contributed by atoms with van der Waals surface area (Å²) in [6.07, 6.45) is 0. The van der Waals surface area contributed by atoms with Crippen LogP contribution in [0.4, 0.5) is 0 Å². The number of benzene rings is 2. The molecule has 2 rings (SSSR count). The Bertz CT molecular complexity index is 868. The van der Waals surface area contributed by atoms with Crippen LogP contribution in [0.2, 0.25) is 0 Å². The van der Waals surface area contributed by atoms with E-state index in [1.807, 2.05) is 6.07 Å². The van der Waals surface area contributed by atoms with Crippen molar-refractivity contribution in [1.82, 2.24) is 5.32 Å². The Morgan fingerprint density at radius 1 is 1.22 bits per heavy atom. The van der Waals surface area contributed by atoms with Crippen molar-refractivity contribution in [2.24, 2.45) is 5.14 Å². The second-order valence-corrected chi connectivity index (χ2v) is 6.56. The molecule has 2 aromatic rings. The topological polar surface area (TPSA) is 113 Å². The maximum atomic E-state index is 12.2. The highest BCUT2D eigenvalue weighted by molar-refractivity contribution is 7.89. The number of nitrogens with one attached hydrogen (secondary N) is 1. The standard InChI is InChI=1S/C16H15N3O3S/c1-11(13-5-7-15(8-6-13)23(18,21)22)19-16(20)14-4-2-3-12(9-14)10-17/h2-9,11H,1H3,(H,19,20)(H2,18,21,22). The number of rotatable bonds is 4. The van der Waals surface area contributed by atoms with Crippen LogP contribution in [0.25, 0.3) is 0 Å². The van der Waals surface area contributed by atoms with Gasteiger partial charge < -0.3 is 5.32 Å². The van der Waals surface area contributed by atoms with Gasteiger partial charge in [0, 0.05) is 5.56 Å². The number of carbonyl (C=O) groups excluding carboxylic acids is 1. The normalized spacial score (nSPS) is 12.2. The summed E-state index contributed by atoms with van der Waals surface area (Å²) in [6, 6.07) is 14.0. The average molecular weight is 329 g/mol. The lowest BCUT2D eigenvalue weighted by molar-refractivity contribution is 0.0940. The van der Waals surface area contributed by atoms with E-state index >= 15 is 0 Å². The Morgan fingerprint density at radius 2 is 1.87 bits per heavy atom. The van der Waals surface area contributed by atoms with Crippen LogP contribution in [0.3, 0.4) is 0 Å². The van der Waals surface area contributed by atoms with Gasteiger partial charge in [-0.3, -0.25) is 4.79 Å². The molecule has 7 heteroatoms. The molecule has 0 aliphatic heterocycles. The third-order valence-electron chi connectivity index (χ3n) is 3.31. The molecule has 0 saturated carbocycles. The summed E-state index contributed by atoms with van der Waals surface area (Å²) in [5.74, 6) is -0.315. The van der Waals surface area contributed by atoms with Crippen LogP contribution in [0.5, 0.6) is 0 Å². The van der Waals surface area contributed by atoms with Crippen LogP contribution in [-0.4, -0.2) is 14.3 Å². The van der Waals surface area contributed by atoms with Gasteiger partial charge in [0.25, 0.3) is 5.91 Å². The van der Waals surface area contributed by atoms with Gasteiger partial charge >= 0.3 is 0 Å².